The van der Waals surface area contributed by atoms with Crippen LogP contribution in [0.1, 0.15) is 31.2 Å². The van der Waals surface area contributed by atoms with Crippen molar-refractivity contribution in [2.75, 3.05) is 36.0 Å². The Morgan fingerprint density at radius 2 is 1.52 bits per heavy atom. The summed E-state index contributed by atoms with van der Waals surface area (Å²) in [5.41, 5.74) is 3.86. The molecule has 2 fully saturated rings. The molecule has 3 heteroatoms. The number of nitrogens with zero attached hydrogens (tertiary/aromatic N) is 3. The van der Waals surface area contributed by atoms with Gasteiger partial charge in [0.2, 0.25) is 0 Å². The van der Waals surface area contributed by atoms with Gasteiger partial charge in [-0.05, 0) is 44.7 Å². The number of hydrogen-bond acceptors (Lipinski definition) is 3. The van der Waals surface area contributed by atoms with E-state index in [4.69, 9.17) is 4.98 Å². The van der Waals surface area contributed by atoms with Gasteiger partial charge in [-0.15, -0.1) is 0 Å². The van der Waals surface area contributed by atoms with Crippen LogP contribution in [-0.4, -0.2) is 31.2 Å². The summed E-state index contributed by atoms with van der Waals surface area (Å²) >= 11 is 0. The zero-order valence-corrected chi connectivity index (χ0v) is 12.8. The Morgan fingerprint density at radius 1 is 0.857 bits per heavy atom. The van der Waals surface area contributed by atoms with Gasteiger partial charge < -0.3 is 9.80 Å². The molecule has 110 valence electrons. The van der Waals surface area contributed by atoms with Crippen LogP contribution in [0.25, 0.3) is 10.9 Å². The second-order valence-electron chi connectivity index (χ2n) is 6.41. The van der Waals surface area contributed by atoms with E-state index in [1.165, 1.54) is 61.2 Å². The molecular formula is C18H23N3. The zero-order chi connectivity index (χ0) is 14.2. The Labute approximate surface area is 126 Å². The van der Waals surface area contributed by atoms with Gasteiger partial charge in [0.05, 0.1) is 5.52 Å². The van der Waals surface area contributed by atoms with Crippen molar-refractivity contribution in [1.29, 1.82) is 0 Å². The van der Waals surface area contributed by atoms with Gasteiger partial charge in [0.15, 0.2) is 0 Å². The summed E-state index contributed by atoms with van der Waals surface area (Å²) in [5, 5.41) is 1.32. The molecule has 0 atom stereocenters. The molecule has 3 nitrogen and oxygen atoms in total. The van der Waals surface area contributed by atoms with E-state index in [1.807, 2.05) is 0 Å². The largest absolute Gasteiger partial charge is 0.371 e. The third-order valence-electron chi connectivity index (χ3n) is 4.81. The average Bonchev–Trinajstić information content (AvgIpc) is 3.19. The highest BCUT2D eigenvalue weighted by molar-refractivity contribution is 5.94. The van der Waals surface area contributed by atoms with E-state index in [0.717, 1.165) is 18.6 Å². The van der Waals surface area contributed by atoms with Gasteiger partial charge in [0.1, 0.15) is 5.82 Å². The predicted molar refractivity (Wildman–Crippen MR) is 89.4 cm³/mol. The third-order valence-corrected chi connectivity index (χ3v) is 4.81. The molecule has 1 aromatic carbocycles. The van der Waals surface area contributed by atoms with Crippen LogP contribution in [0, 0.1) is 6.92 Å². The molecule has 1 aromatic heterocycles. The van der Waals surface area contributed by atoms with E-state index in [9.17, 15) is 0 Å². The Morgan fingerprint density at radius 3 is 2.24 bits per heavy atom. The van der Waals surface area contributed by atoms with Crippen molar-refractivity contribution >= 4 is 22.4 Å². The third kappa shape index (κ3) is 2.35. The molecule has 0 spiro atoms. The number of fused-ring (bicyclic) bond motifs is 1. The highest BCUT2D eigenvalue weighted by Crippen LogP contribution is 2.33. The number of benzene rings is 1. The standard InChI is InChI=1S/C18H23N3/c1-14-6-7-16-15(12-14)17(20-8-2-3-9-20)13-18(19-16)21-10-4-5-11-21/h6-7,12-13H,2-5,8-11H2,1H3. The minimum absolute atomic E-state index is 1.15. The lowest BCUT2D eigenvalue weighted by molar-refractivity contribution is 0.933. The molecule has 0 aliphatic carbocycles. The Balaban J connectivity index is 1.87. The van der Waals surface area contributed by atoms with Crippen LogP contribution in [-0.2, 0) is 0 Å². The molecule has 0 bridgehead atoms. The van der Waals surface area contributed by atoms with Crippen molar-refractivity contribution in [3.05, 3.63) is 29.8 Å². The van der Waals surface area contributed by atoms with Crippen molar-refractivity contribution in [3.8, 4) is 0 Å². The van der Waals surface area contributed by atoms with Crippen LogP contribution in [0.5, 0.6) is 0 Å². The predicted octanol–water partition coefficient (Wildman–Crippen LogP) is 3.74. The number of pyridine rings is 1. The van der Waals surface area contributed by atoms with Crippen LogP contribution >= 0.6 is 0 Å². The summed E-state index contributed by atoms with van der Waals surface area (Å²) in [6.07, 6.45) is 5.22. The van der Waals surface area contributed by atoms with Gasteiger partial charge in [0, 0.05) is 43.3 Å². The van der Waals surface area contributed by atoms with E-state index < -0.39 is 0 Å². The molecule has 2 saturated heterocycles. The Hall–Kier alpha value is -1.77. The van der Waals surface area contributed by atoms with E-state index in [2.05, 4.69) is 41.0 Å². The van der Waals surface area contributed by atoms with Gasteiger partial charge >= 0.3 is 0 Å². The Kier molecular flexibility index (Phi) is 3.21. The fourth-order valence-electron chi connectivity index (χ4n) is 3.64. The Bertz CT molecular complexity index is 653. The average molecular weight is 281 g/mol. The number of aromatic nitrogens is 1. The number of hydrogen-bond donors (Lipinski definition) is 0. The van der Waals surface area contributed by atoms with Crippen molar-refractivity contribution in [3.63, 3.8) is 0 Å². The van der Waals surface area contributed by atoms with Crippen LogP contribution in [0.4, 0.5) is 11.5 Å². The lowest BCUT2D eigenvalue weighted by Gasteiger charge is -2.24. The normalized spacial score (nSPS) is 18.9. The topological polar surface area (TPSA) is 19.4 Å². The van der Waals surface area contributed by atoms with E-state index in [1.54, 1.807) is 0 Å². The fraction of sp³-hybridized carbons (Fsp3) is 0.500. The molecule has 4 rings (SSSR count). The lowest BCUT2D eigenvalue weighted by atomic mass is 10.1. The number of rotatable bonds is 2. The molecule has 0 saturated carbocycles. The first-order chi connectivity index (χ1) is 10.3. The molecule has 2 aromatic rings. The molecule has 0 radical (unpaired) electrons. The molecule has 0 amide bonds. The summed E-state index contributed by atoms with van der Waals surface area (Å²) in [4.78, 5) is 9.92. The molecule has 2 aliphatic rings. The van der Waals surface area contributed by atoms with Crippen LogP contribution < -0.4 is 9.80 Å². The minimum Gasteiger partial charge on any atom is -0.371 e. The minimum atomic E-state index is 1.15. The summed E-state index contributed by atoms with van der Waals surface area (Å²) in [6, 6.07) is 8.99. The van der Waals surface area contributed by atoms with Gasteiger partial charge in [-0.25, -0.2) is 4.98 Å². The highest BCUT2D eigenvalue weighted by Gasteiger charge is 2.20. The molecule has 21 heavy (non-hydrogen) atoms. The second kappa shape index (κ2) is 5.21. The number of aryl methyl sites for hydroxylation is 1. The molecule has 2 aliphatic heterocycles. The first-order valence-corrected chi connectivity index (χ1v) is 8.22. The smallest absolute Gasteiger partial charge is 0.131 e. The summed E-state index contributed by atoms with van der Waals surface area (Å²) in [5.74, 6) is 1.17. The zero-order valence-electron chi connectivity index (χ0n) is 12.8. The quantitative estimate of drug-likeness (QED) is 0.836. The van der Waals surface area contributed by atoms with E-state index >= 15 is 0 Å². The van der Waals surface area contributed by atoms with E-state index in [-0.39, 0.29) is 0 Å². The van der Waals surface area contributed by atoms with Gasteiger partial charge in [-0.2, -0.15) is 0 Å². The monoisotopic (exact) mass is 281 g/mol. The highest BCUT2D eigenvalue weighted by atomic mass is 15.2. The van der Waals surface area contributed by atoms with Crippen molar-refractivity contribution in [1.82, 2.24) is 4.98 Å². The lowest BCUT2D eigenvalue weighted by Crippen LogP contribution is -2.22. The van der Waals surface area contributed by atoms with Crippen molar-refractivity contribution in [2.24, 2.45) is 0 Å². The van der Waals surface area contributed by atoms with Crippen molar-refractivity contribution in [2.45, 2.75) is 32.6 Å². The van der Waals surface area contributed by atoms with Gasteiger partial charge in [-0.3, -0.25) is 0 Å². The maximum atomic E-state index is 4.93. The fourth-order valence-corrected chi connectivity index (χ4v) is 3.64. The molecular weight excluding hydrogens is 258 g/mol. The van der Waals surface area contributed by atoms with Gasteiger partial charge in [-0.1, -0.05) is 11.6 Å². The van der Waals surface area contributed by atoms with Crippen LogP contribution in [0.2, 0.25) is 0 Å². The second-order valence-corrected chi connectivity index (χ2v) is 6.41. The maximum Gasteiger partial charge on any atom is 0.131 e. The summed E-state index contributed by atoms with van der Waals surface area (Å²) < 4.78 is 0. The molecule has 0 unspecified atom stereocenters. The van der Waals surface area contributed by atoms with E-state index in [0.29, 0.717) is 0 Å². The molecule has 3 heterocycles. The molecule has 0 N–H and O–H groups in total. The maximum absolute atomic E-state index is 4.93. The first-order valence-electron chi connectivity index (χ1n) is 8.22. The SMILES string of the molecule is Cc1ccc2nc(N3CCCC3)cc(N3CCCC3)c2c1. The summed E-state index contributed by atoms with van der Waals surface area (Å²) in [7, 11) is 0. The first kappa shape index (κ1) is 12.9. The summed E-state index contributed by atoms with van der Waals surface area (Å²) in [6.45, 7) is 6.86. The van der Waals surface area contributed by atoms with Gasteiger partial charge in [0.25, 0.3) is 0 Å². The van der Waals surface area contributed by atoms with Crippen molar-refractivity contribution < 1.29 is 0 Å². The van der Waals surface area contributed by atoms with Crippen LogP contribution in [0.15, 0.2) is 24.3 Å². The van der Waals surface area contributed by atoms with Crippen LogP contribution in [0.3, 0.4) is 0 Å². The number of anilines is 2.